The van der Waals surface area contributed by atoms with Gasteiger partial charge in [-0.25, -0.2) is 13.6 Å². The summed E-state index contributed by atoms with van der Waals surface area (Å²) in [5, 5.41) is 3.98. The van der Waals surface area contributed by atoms with Crippen molar-refractivity contribution in [1.82, 2.24) is 9.13 Å². The summed E-state index contributed by atoms with van der Waals surface area (Å²) < 4.78 is 34.6. The number of ether oxygens (including phenoxy) is 1. The molecule has 1 N–H and O–H groups in total. The van der Waals surface area contributed by atoms with Crippen LogP contribution in [-0.2, 0) is 17.9 Å². The molecule has 0 radical (unpaired) electrons. The van der Waals surface area contributed by atoms with Gasteiger partial charge >= 0.3 is 5.69 Å². The van der Waals surface area contributed by atoms with Crippen LogP contribution >= 0.6 is 11.3 Å². The number of anilines is 1. The maximum Gasteiger partial charge on any atom is 0.332 e. The maximum atomic E-state index is 13.9. The van der Waals surface area contributed by atoms with Crippen LogP contribution in [0.2, 0.25) is 0 Å². The molecule has 0 saturated heterocycles. The Bertz CT molecular complexity index is 1420. The number of carbonyl (C=O) groups excluding carboxylic acids is 1. The monoisotopic (exact) mass is 457 g/mol. The Morgan fingerprint density at radius 1 is 1.06 bits per heavy atom. The van der Waals surface area contributed by atoms with Gasteiger partial charge in [0.1, 0.15) is 28.6 Å². The van der Waals surface area contributed by atoms with Gasteiger partial charge < -0.3 is 10.1 Å². The third kappa shape index (κ3) is 4.17. The first-order valence-electron chi connectivity index (χ1n) is 9.46. The molecule has 2 aromatic carbocycles. The van der Waals surface area contributed by atoms with Crippen molar-refractivity contribution in [2.24, 2.45) is 0 Å². The minimum Gasteiger partial charge on any atom is -0.497 e. The summed E-state index contributed by atoms with van der Waals surface area (Å²) in [5.41, 5.74) is -0.336. The van der Waals surface area contributed by atoms with Crippen LogP contribution in [0.15, 0.2) is 63.5 Å². The van der Waals surface area contributed by atoms with E-state index in [9.17, 15) is 23.2 Å². The summed E-state index contributed by atoms with van der Waals surface area (Å²) in [6.07, 6.45) is 0. The number of methoxy groups -OCH3 is 1. The van der Waals surface area contributed by atoms with Crippen molar-refractivity contribution in [3.05, 3.63) is 91.9 Å². The highest BCUT2D eigenvalue weighted by atomic mass is 32.1. The van der Waals surface area contributed by atoms with Crippen LogP contribution in [0.25, 0.3) is 10.2 Å². The standard InChI is InChI=1S/C22H17F2N3O4S/c1-31-15-5-2-13(3-6-15)11-27-21(29)20-18(8-9-32-20)26(22(27)30)12-19(28)25-17-7-4-14(23)10-16(17)24/h2-10H,11-12H2,1H3,(H,25,28). The van der Waals surface area contributed by atoms with Gasteiger partial charge in [-0.3, -0.25) is 18.7 Å². The molecular weight excluding hydrogens is 440 g/mol. The summed E-state index contributed by atoms with van der Waals surface area (Å²) >= 11 is 1.16. The highest BCUT2D eigenvalue weighted by molar-refractivity contribution is 7.17. The highest BCUT2D eigenvalue weighted by Gasteiger charge is 2.17. The van der Waals surface area contributed by atoms with Gasteiger partial charge in [0, 0.05) is 6.07 Å². The molecule has 1 amide bonds. The van der Waals surface area contributed by atoms with E-state index in [1.54, 1.807) is 35.7 Å². The lowest BCUT2D eigenvalue weighted by molar-refractivity contribution is -0.116. The molecule has 2 aromatic heterocycles. The van der Waals surface area contributed by atoms with Crippen LogP contribution in [0.1, 0.15) is 5.56 Å². The van der Waals surface area contributed by atoms with E-state index in [-0.39, 0.29) is 12.2 Å². The molecule has 0 unspecified atom stereocenters. The van der Waals surface area contributed by atoms with Gasteiger partial charge in [0.15, 0.2) is 0 Å². The first-order valence-corrected chi connectivity index (χ1v) is 10.3. The molecule has 0 aliphatic rings. The summed E-state index contributed by atoms with van der Waals surface area (Å²) in [4.78, 5) is 38.6. The number of aromatic nitrogens is 2. The van der Waals surface area contributed by atoms with E-state index in [0.717, 1.165) is 32.6 Å². The highest BCUT2D eigenvalue weighted by Crippen LogP contribution is 2.18. The van der Waals surface area contributed by atoms with E-state index in [4.69, 9.17) is 4.74 Å². The second-order valence-corrected chi connectivity index (χ2v) is 7.83. The molecule has 0 spiro atoms. The third-order valence-corrected chi connectivity index (χ3v) is 5.73. The van der Waals surface area contributed by atoms with Gasteiger partial charge in [-0.2, -0.15) is 0 Å². The summed E-state index contributed by atoms with van der Waals surface area (Å²) in [7, 11) is 1.53. The van der Waals surface area contributed by atoms with Gasteiger partial charge in [0.05, 0.1) is 24.9 Å². The van der Waals surface area contributed by atoms with Crippen molar-refractivity contribution in [3.63, 3.8) is 0 Å². The second-order valence-electron chi connectivity index (χ2n) is 6.92. The molecule has 164 valence electrons. The molecule has 7 nitrogen and oxygen atoms in total. The largest absolute Gasteiger partial charge is 0.497 e. The van der Waals surface area contributed by atoms with E-state index in [1.807, 2.05) is 0 Å². The lowest BCUT2D eigenvalue weighted by atomic mass is 10.2. The zero-order chi connectivity index (χ0) is 22.8. The van der Waals surface area contributed by atoms with Crippen molar-refractivity contribution in [1.29, 1.82) is 0 Å². The van der Waals surface area contributed by atoms with Gasteiger partial charge in [0.2, 0.25) is 5.91 Å². The fraction of sp³-hybridized carbons (Fsp3) is 0.136. The smallest absolute Gasteiger partial charge is 0.332 e. The van der Waals surface area contributed by atoms with Crippen LogP contribution in [0.3, 0.4) is 0 Å². The number of benzene rings is 2. The topological polar surface area (TPSA) is 82.3 Å². The normalized spacial score (nSPS) is 11.0. The number of carbonyl (C=O) groups is 1. The van der Waals surface area contributed by atoms with E-state index >= 15 is 0 Å². The molecule has 0 aliphatic carbocycles. The average molecular weight is 457 g/mol. The zero-order valence-electron chi connectivity index (χ0n) is 16.8. The van der Waals surface area contributed by atoms with Crippen LogP contribution in [0.5, 0.6) is 5.75 Å². The molecule has 0 atom stereocenters. The Morgan fingerprint density at radius 3 is 2.50 bits per heavy atom. The number of hydrogen-bond donors (Lipinski definition) is 1. The molecule has 2 heterocycles. The number of nitrogens with one attached hydrogen (secondary N) is 1. The van der Waals surface area contributed by atoms with E-state index < -0.39 is 35.3 Å². The van der Waals surface area contributed by atoms with E-state index in [2.05, 4.69) is 5.32 Å². The van der Waals surface area contributed by atoms with Crippen molar-refractivity contribution in [2.45, 2.75) is 13.1 Å². The fourth-order valence-electron chi connectivity index (χ4n) is 3.26. The van der Waals surface area contributed by atoms with Crippen molar-refractivity contribution in [2.75, 3.05) is 12.4 Å². The number of amides is 1. The molecule has 0 saturated carbocycles. The maximum absolute atomic E-state index is 13.9. The Hall–Kier alpha value is -3.79. The number of rotatable bonds is 6. The number of nitrogens with zero attached hydrogens (tertiary/aromatic N) is 2. The second kappa shape index (κ2) is 8.75. The van der Waals surface area contributed by atoms with Crippen molar-refractivity contribution < 1.29 is 18.3 Å². The number of hydrogen-bond acceptors (Lipinski definition) is 5. The number of halogens is 2. The zero-order valence-corrected chi connectivity index (χ0v) is 17.6. The lowest BCUT2D eigenvalue weighted by Crippen LogP contribution is -2.41. The van der Waals surface area contributed by atoms with Gasteiger partial charge in [0.25, 0.3) is 5.56 Å². The van der Waals surface area contributed by atoms with Crippen molar-refractivity contribution >= 4 is 33.1 Å². The summed E-state index contributed by atoms with van der Waals surface area (Å²) in [5.74, 6) is -1.77. The molecule has 4 rings (SSSR count). The average Bonchev–Trinajstić information content (AvgIpc) is 3.27. The first-order chi connectivity index (χ1) is 15.4. The minimum absolute atomic E-state index is 0.00368. The van der Waals surface area contributed by atoms with Gasteiger partial charge in [-0.15, -0.1) is 11.3 Å². The van der Waals surface area contributed by atoms with Gasteiger partial charge in [-0.1, -0.05) is 12.1 Å². The van der Waals surface area contributed by atoms with Crippen LogP contribution in [0, 0.1) is 11.6 Å². The molecule has 0 bridgehead atoms. The third-order valence-electron chi connectivity index (χ3n) is 4.84. The van der Waals surface area contributed by atoms with E-state index in [1.165, 1.54) is 7.11 Å². The number of thiophene rings is 1. The first kappa shape index (κ1) is 21.4. The van der Waals surface area contributed by atoms with Crippen LogP contribution in [0.4, 0.5) is 14.5 Å². The fourth-order valence-corrected chi connectivity index (χ4v) is 4.11. The molecular formula is C22H17F2N3O4S. The Labute approximate surface area is 184 Å². The predicted molar refractivity (Wildman–Crippen MR) is 117 cm³/mol. The molecule has 0 aliphatic heterocycles. The van der Waals surface area contributed by atoms with E-state index in [0.29, 0.717) is 27.6 Å². The van der Waals surface area contributed by atoms with Crippen LogP contribution < -0.4 is 21.3 Å². The molecule has 4 aromatic rings. The SMILES string of the molecule is COc1ccc(Cn2c(=O)c3sccc3n(CC(=O)Nc3ccc(F)cc3F)c2=O)cc1. The Balaban J connectivity index is 1.69. The Kier molecular flexibility index (Phi) is 5.87. The Morgan fingerprint density at radius 2 is 1.81 bits per heavy atom. The minimum atomic E-state index is -0.934. The quantitative estimate of drug-likeness (QED) is 0.482. The molecule has 32 heavy (non-hydrogen) atoms. The summed E-state index contributed by atoms with van der Waals surface area (Å²) in [6, 6.07) is 11.2. The van der Waals surface area contributed by atoms with Gasteiger partial charge in [-0.05, 0) is 41.3 Å². The van der Waals surface area contributed by atoms with Crippen LogP contribution in [-0.4, -0.2) is 22.2 Å². The molecule has 0 fully saturated rings. The summed E-state index contributed by atoms with van der Waals surface area (Å²) in [6.45, 7) is -0.449. The molecule has 10 heteroatoms. The van der Waals surface area contributed by atoms with Crippen molar-refractivity contribution in [3.8, 4) is 5.75 Å². The predicted octanol–water partition coefficient (Wildman–Crippen LogP) is 3.20. The number of fused-ring (bicyclic) bond motifs is 1. The lowest BCUT2D eigenvalue weighted by Gasteiger charge is -2.13.